The molecule has 0 radical (unpaired) electrons. The number of rotatable bonds is 7. The van der Waals surface area contributed by atoms with E-state index >= 15 is 0 Å². The van der Waals surface area contributed by atoms with Crippen LogP contribution in [0.4, 0.5) is 4.39 Å². The Morgan fingerprint density at radius 2 is 1.67 bits per heavy atom. The van der Waals surface area contributed by atoms with Crippen LogP contribution in [0.5, 0.6) is 17.2 Å². The molecule has 2 amide bonds. The molecule has 0 aliphatic carbocycles. The van der Waals surface area contributed by atoms with Crippen molar-refractivity contribution >= 4 is 22.8 Å². The summed E-state index contributed by atoms with van der Waals surface area (Å²) in [5, 5.41) is 0.331. The van der Waals surface area contributed by atoms with E-state index in [9.17, 15) is 18.8 Å². The largest absolute Gasteiger partial charge is 0.493 e. The molecule has 3 aliphatic heterocycles. The van der Waals surface area contributed by atoms with E-state index in [4.69, 9.17) is 23.4 Å². The van der Waals surface area contributed by atoms with Crippen molar-refractivity contribution in [3.8, 4) is 17.2 Å². The number of ether oxygens (including phenoxy) is 4. The first kappa shape index (κ1) is 26.2. The van der Waals surface area contributed by atoms with Gasteiger partial charge in [0.1, 0.15) is 28.8 Å². The normalized spacial score (nSPS) is 20.2. The van der Waals surface area contributed by atoms with E-state index < -0.39 is 23.3 Å². The lowest BCUT2D eigenvalue weighted by molar-refractivity contribution is -0.232. The summed E-state index contributed by atoms with van der Waals surface area (Å²) in [4.78, 5) is 40.2. The van der Waals surface area contributed by atoms with Crippen LogP contribution >= 0.6 is 0 Å². The van der Waals surface area contributed by atoms with Crippen molar-refractivity contribution in [2.45, 2.75) is 37.6 Å². The van der Waals surface area contributed by atoms with Gasteiger partial charge >= 0.3 is 5.63 Å². The molecule has 0 spiro atoms. The monoisotopic (exact) mass is 571 g/mol. The number of hydrogen-bond acceptors (Lipinski definition) is 8. The first-order valence-electron chi connectivity index (χ1n) is 13.7. The second-order valence-corrected chi connectivity index (χ2v) is 10.6. The number of imide groups is 1. The first-order chi connectivity index (χ1) is 20.3. The van der Waals surface area contributed by atoms with Crippen molar-refractivity contribution in [3.05, 3.63) is 98.7 Å². The summed E-state index contributed by atoms with van der Waals surface area (Å²) in [5.41, 5.74) is 2.05. The van der Waals surface area contributed by atoms with E-state index in [1.807, 2.05) is 6.07 Å². The standard InChI is InChI=1S/C32H26FNO8/c1-38-24-13-17-16-32(11-5-6-12-34-29(35)19-7-3-4-8-20(19)30(34)36)41-27(21(17)15-25(24)39-2)26-28(42-32)22-14-18(33)9-10-23(22)40-31(26)37/h3-4,7-10,13-15,27H,5-6,11-12,16H2,1-2H3/t27?,32-/m0/s1. The van der Waals surface area contributed by atoms with Crippen LogP contribution in [0.3, 0.4) is 0 Å². The molecule has 7 rings (SSSR count). The molecular weight excluding hydrogens is 545 g/mol. The van der Waals surface area contributed by atoms with Crippen molar-refractivity contribution in [2.24, 2.45) is 0 Å². The predicted molar refractivity (Wildman–Crippen MR) is 148 cm³/mol. The zero-order valence-corrected chi connectivity index (χ0v) is 22.9. The van der Waals surface area contributed by atoms with Crippen LogP contribution in [0.15, 0.2) is 63.8 Å². The summed E-state index contributed by atoms with van der Waals surface area (Å²) in [6.45, 7) is 0.238. The predicted octanol–water partition coefficient (Wildman–Crippen LogP) is 5.17. The second kappa shape index (κ2) is 9.70. The van der Waals surface area contributed by atoms with Gasteiger partial charge in [0.05, 0.1) is 30.7 Å². The smallest absolute Gasteiger partial charge is 0.346 e. The number of unbranched alkanes of at least 4 members (excludes halogenated alkanes) is 1. The summed E-state index contributed by atoms with van der Waals surface area (Å²) >= 11 is 0. The molecule has 4 heterocycles. The topological polar surface area (TPSA) is 105 Å². The highest BCUT2D eigenvalue weighted by atomic mass is 19.1. The van der Waals surface area contributed by atoms with Gasteiger partial charge in [-0.25, -0.2) is 9.18 Å². The maximum atomic E-state index is 14.4. The van der Waals surface area contributed by atoms with Gasteiger partial charge in [0.25, 0.3) is 11.8 Å². The van der Waals surface area contributed by atoms with Crippen LogP contribution in [0, 0.1) is 5.82 Å². The van der Waals surface area contributed by atoms with Crippen LogP contribution in [0.25, 0.3) is 11.0 Å². The van der Waals surface area contributed by atoms with Gasteiger partial charge in [-0.1, -0.05) is 12.1 Å². The maximum Gasteiger partial charge on any atom is 0.346 e. The number of methoxy groups -OCH3 is 2. The Balaban J connectivity index is 1.23. The minimum atomic E-state index is -1.21. The fourth-order valence-electron chi connectivity index (χ4n) is 6.21. The quantitative estimate of drug-likeness (QED) is 0.170. The van der Waals surface area contributed by atoms with Crippen molar-refractivity contribution < 1.29 is 37.3 Å². The van der Waals surface area contributed by atoms with E-state index in [-0.39, 0.29) is 35.3 Å². The van der Waals surface area contributed by atoms with Crippen molar-refractivity contribution in [3.63, 3.8) is 0 Å². The van der Waals surface area contributed by atoms with E-state index in [1.165, 1.54) is 30.2 Å². The van der Waals surface area contributed by atoms with E-state index in [0.717, 1.165) is 5.56 Å². The molecule has 42 heavy (non-hydrogen) atoms. The highest BCUT2D eigenvalue weighted by Crippen LogP contribution is 2.52. The minimum absolute atomic E-state index is 0.142. The number of fused-ring (bicyclic) bond motifs is 9. The van der Waals surface area contributed by atoms with Crippen LogP contribution in [-0.2, 0) is 11.2 Å². The molecule has 9 nitrogen and oxygen atoms in total. The van der Waals surface area contributed by atoms with Gasteiger partial charge < -0.3 is 23.4 Å². The Labute approximate surface area is 239 Å². The van der Waals surface area contributed by atoms with Gasteiger partial charge in [-0.05, 0) is 66.4 Å². The van der Waals surface area contributed by atoms with Gasteiger partial charge in [0.15, 0.2) is 11.5 Å². The molecule has 4 aromatic rings. The highest BCUT2D eigenvalue weighted by Gasteiger charge is 2.50. The SMILES string of the molecule is COc1cc2c(cc1OC)C1O[C@](CCCCN3C(=O)c4ccccc4C3=O)(C2)Oc2c1c(=O)oc1ccc(F)cc21. The molecule has 3 aromatic carbocycles. The number of amides is 2. The fourth-order valence-corrected chi connectivity index (χ4v) is 6.21. The Bertz CT molecular complexity index is 1810. The molecular formula is C32H26FNO8. The van der Waals surface area contributed by atoms with E-state index in [1.54, 1.807) is 37.4 Å². The minimum Gasteiger partial charge on any atom is -0.493 e. The maximum absolute atomic E-state index is 14.4. The average molecular weight is 572 g/mol. The molecule has 214 valence electrons. The molecule has 0 saturated carbocycles. The average Bonchev–Trinajstić information content (AvgIpc) is 3.23. The second-order valence-electron chi connectivity index (χ2n) is 10.6. The Morgan fingerprint density at radius 3 is 2.38 bits per heavy atom. The molecule has 1 aromatic heterocycles. The zero-order valence-electron chi connectivity index (χ0n) is 22.9. The molecule has 2 bridgehead atoms. The van der Waals surface area contributed by atoms with Gasteiger partial charge in [-0.3, -0.25) is 14.5 Å². The van der Waals surface area contributed by atoms with E-state index in [0.29, 0.717) is 59.3 Å². The molecule has 0 saturated heterocycles. The summed E-state index contributed by atoms with van der Waals surface area (Å²) in [6, 6.07) is 14.3. The summed E-state index contributed by atoms with van der Waals surface area (Å²) in [5.74, 6) is -1.11. The summed E-state index contributed by atoms with van der Waals surface area (Å²) in [7, 11) is 3.07. The molecule has 3 aliphatic rings. The van der Waals surface area contributed by atoms with Crippen LogP contribution in [0.1, 0.15) is 62.8 Å². The Kier molecular flexibility index (Phi) is 6.05. The third kappa shape index (κ3) is 3.97. The fraction of sp³-hybridized carbons (Fsp3) is 0.281. The molecule has 1 unspecified atom stereocenters. The van der Waals surface area contributed by atoms with Gasteiger partial charge in [-0.2, -0.15) is 0 Å². The number of halogens is 1. The highest BCUT2D eigenvalue weighted by molar-refractivity contribution is 6.21. The number of carbonyl (C=O) groups excluding carboxylic acids is 2. The molecule has 2 atom stereocenters. The number of benzene rings is 3. The number of nitrogens with zero attached hydrogens (tertiary/aromatic N) is 1. The van der Waals surface area contributed by atoms with Crippen LogP contribution < -0.4 is 19.8 Å². The Hall–Kier alpha value is -4.70. The first-order valence-corrected chi connectivity index (χ1v) is 13.7. The summed E-state index contributed by atoms with van der Waals surface area (Å²) < 4.78 is 44.0. The lowest BCUT2D eigenvalue weighted by Gasteiger charge is -2.46. The van der Waals surface area contributed by atoms with Gasteiger partial charge in [-0.15, -0.1) is 0 Å². The van der Waals surface area contributed by atoms with Crippen molar-refractivity contribution in [2.75, 3.05) is 20.8 Å². The van der Waals surface area contributed by atoms with Crippen molar-refractivity contribution in [1.29, 1.82) is 0 Å². The van der Waals surface area contributed by atoms with Gasteiger partial charge in [0, 0.05) is 19.4 Å². The number of carbonyl (C=O) groups is 2. The zero-order chi connectivity index (χ0) is 29.2. The van der Waals surface area contributed by atoms with Crippen LogP contribution in [-0.4, -0.2) is 43.3 Å². The van der Waals surface area contributed by atoms with Gasteiger partial charge in [0.2, 0.25) is 5.79 Å². The van der Waals surface area contributed by atoms with Crippen molar-refractivity contribution in [1.82, 2.24) is 4.90 Å². The third-order valence-electron chi connectivity index (χ3n) is 8.19. The lowest BCUT2D eigenvalue weighted by atomic mass is 9.85. The third-order valence-corrected chi connectivity index (χ3v) is 8.19. The lowest BCUT2D eigenvalue weighted by Crippen LogP contribution is -2.50. The number of hydrogen-bond donors (Lipinski definition) is 0. The Morgan fingerprint density at radius 1 is 0.952 bits per heavy atom. The molecule has 10 heteroatoms. The van der Waals surface area contributed by atoms with Crippen LogP contribution in [0.2, 0.25) is 0 Å². The summed E-state index contributed by atoms with van der Waals surface area (Å²) in [6.07, 6.45) is 0.853. The molecule has 0 fully saturated rings. The molecule has 0 N–H and O–H groups in total. The van der Waals surface area contributed by atoms with E-state index in [2.05, 4.69) is 0 Å².